The summed E-state index contributed by atoms with van der Waals surface area (Å²) in [4.78, 5) is 15.5. The predicted molar refractivity (Wildman–Crippen MR) is 81.6 cm³/mol. The summed E-state index contributed by atoms with van der Waals surface area (Å²) in [7, 11) is 0. The summed E-state index contributed by atoms with van der Waals surface area (Å²) in [6.07, 6.45) is 3.48. The van der Waals surface area contributed by atoms with Crippen LogP contribution in [-0.2, 0) is 0 Å². The number of hydrogen-bond donors (Lipinski definition) is 2. The van der Waals surface area contributed by atoms with E-state index in [1.807, 2.05) is 0 Å². The van der Waals surface area contributed by atoms with Gasteiger partial charge in [0.15, 0.2) is 5.82 Å². The van der Waals surface area contributed by atoms with Crippen molar-refractivity contribution in [3.63, 3.8) is 0 Å². The molecule has 0 unspecified atom stereocenters. The lowest BCUT2D eigenvalue weighted by atomic mass is 10.2. The molecule has 3 aromatic rings. The van der Waals surface area contributed by atoms with Crippen molar-refractivity contribution in [3.8, 4) is 11.7 Å². The first-order valence-corrected chi connectivity index (χ1v) is 6.82. The number of aromatic amines is 1. The first kappa shape index (κ1) is 14.9. The van der Waals surface area contributed by atoms with E-state index in [1.54, 1.807) is 24.3 Å². The Balaban J connectivity index is 1.73. The van der Waals surface area contributed by atoms with Gasteiger partial charge in [-0.1, -0.05) is 11.6 Å². The van der Waals surface area contributed by atoms with Crippen molar-refractivity contribution in [1.82, 2.24) is 15.2 Å². The molecule has 8 heteroatoms. The topological polar surface area (TPSA) is 101 Å². The first-order valence-electron chi connectivity index (χ1n) is 6.44. The highest BCUT2D eigenvalue weighted by Gasteiger charge is 2.12. The van der Waals surface area contributed by atoms with Gasteiger partial charge in [-0.25, -0.2) is 4.98 Å². The van der Waals surface area contributed by atoms with Crippen LogP contribution < -0.4 is 4.74 Å². The molecule has 0 saturated heterocycles. The second-order valence-corrected chi connectivity index (χ2v) is 4.87. The third kappa shape index (κ3) is 3.58. The molecule has 0 spiro atoms. The van der Waals surface area contributed by atoms with E-state index >= 15 is 0 Å². The lowest BCUT2D eigenvalue weighted by Gasteiger charge is -2.00. The Morgan fingerprint density at radius 1 is 1.35 bits per heavy atom. The lowest BCUT2D eigenvalue weighted by molar-refractivity contribution is 0.103. The fraction of sp³-hybridized carbons (Fsp3) is 0. The van der Waals surface area contributed by atoms with E-state index in [2.05, 4.69) is 15.2 Å². The van der Waals surface area contributed by atoms with Gasteiger partial charge in [-0.2, -0.15) is 5.10 Å². The standard InChI is InChI=1S/C15H10ClN3O4/c16-10-1-3-11(4-2-10)23-14-5-9(7-22-14)12(20)6-13(21)15-17-8-18-19-15/h1-8,20H,(H,17,18,19). The Kier molecular flexibility index (Phi) is 4.11. The fourth-order valence-corrected chi connectivity index (χ4v) is 1.85. The zero-order valence-corrected chi connectivity index (χ0v) is 12.3. The number of nitrogens with zero attached hydrogens (tertiary/aromatic N) is 2. The van der Waals surface area contributed by atoms with E-state index in [1.165, 1.54) is 18.7 Å². The molecule has 2 N–H and O–H groups in total. The Labute approximate surface area is 135 Å². The van der Waals surface area contributed by atoms with Crippen molar-refractivity contribution in [2.75, 3.05) is 0 Å². The summed E-state index contributed by atoms with van der Waals surface area (Å²) in [5.41, 5.74) is 0.293. The number of aromatic nitrogens is 3. The molecule has 2 aromatic heterocycles. The minimum Gasteiger partial charge on any atom is -0.507 e. The van der Waals surface area contributed by atoms with Gasteiger partial charge < -0.3 is 14.3 Å². The van der Waals surface area contributed by atoms with Crippen LogP contribution in [0.3, 0.4) is 0 Å². The van der Waals surface area contributed by atoms with E-state index in [0.29, 0.717) is 16.3 Å². The lowest BCUT2D eigenvalue weighted by Crippen LogP contribution is -1.98. The number of benzene rings is 1. The van der Waals surface area contributed by atoms with E-state index in [9.17, 15) is 9.90 Å². The smallest absolute Gasteiger partial charge is 0.290 e. The maximum atomic E-state index is 11.8. The quantitative estimate of drug-likeness (QED) is 0.420. The van der Waals surface area contributed by atoms with Crippen LogP contribution in [0.2, 0.25) is 5.02 Å². The van der Waals surface area contributed by atoms with Gasteiger partial charge in [-0.15, -0.1) is 0 Å². The van der Waals surface area contributed by atoms with Crippen LogP contribution in [0.25, 0.3) is 5.76 Å². The second kappa shape index (κ2) is 6.37. The molecule has 3 rings (SSSR count). The van der Waals surface area contributed by atoms with Crippen LogP contribution in [-0.4, -0.2) is 26.1 Å². The van der Waals surface area contributed by atoms with Crippen molar-refractivity contribution >= 4 is 23.1 Å². The highest BCUT2D eigenvalue weighted by atomic mass is 35.5. The molecule has 7 nitrogen and oxygen atoms in total. The highest BCUT2D eigenvalue weighted by Crippen LogP contribution is 2.27. The zero-order chi connectivity index (χ0) is 16.2. The summed E-state index contributed by atoms with van der Waals surface area (Å²) in [6, 6.07) is 8.15. The minimum atomic E-state index is -0.513. The molecule has 23 heavy (non-hydrogen) atoms. The van der Waals surface area contributed by atoms with E-state index in [0.717, 1.165) is 6.08 Å². The third-order valence-electron chi connectivity index (χ3n) is 2.82. The SMILES string of the molecule is O=C(C=C(O)c1coc(Oc2ccc(Cl)cc2)c1)c1ncn[nH]1. The number of hydrogen-bond acceptors (Lipinski definition) is 6. The van der Waals surface area contributed by atoms with Crippen LogP contribution in [0.5, 0.6) is 11.7 Å². The molecule has 2 heterocycles. The van der Waals surface area contributed by atoms with Gasteiger partial charge in [-0.05, 0) is 24.3 Å². The van der Waals surface area contributed by atoms with Crippen molar-refractivity contribution in [2.24, 2.45) is 0 Å². The number of H-pyrrole nitrogens is 1. The molecule has 0 bridgehead atoms. The summed E-state index contributed by atoms with van der Waals surface area (Å²) in [5.74, 6) is -0.0777. The van der Waals surface area contributed by atoms with E-state index < -0.39 is 5.78 Å². The van der Waals surface area contributed by atoms with Crippen molar-refractivity contribution in [2.45, 2.75) is 0 Å². The Morgan fingerprint density at radius 2 is 2.13 bits per heavy atom. The molecule has 0 aliphatic rings. The van der Waals surface area contributed by atoms with Gasteiger partial charge in [0.05, 0.1) is 5.56 Å². The number of aliphatic hydroxyl groups excluding tert-OH is 1. The number of nitrogens with one attached hydrogen (secondary N) is 1. The number of ether oxygens (including phenoxy) is 1. The fourth-order valence-electron chi connectivity index (χ4n) is 1.72. The van der Waals surface area contributed by atoms with Gasteiger partial charge in [0.1, 0.15) is 24.1 Å². The number of ketones is 1. The molecular formula is C15H10ClN3O4. The number of aliphatic hydroxyl groups is 1. The maximum Gasteiger partial charge on any atom is 0.290 e. The second-order valence-electron chi connectivity index (χ2n) is 4.44. The van der Waals surface area contributed by atoms with E-state index in [4.69, 9.17) is 20.8 Å². The number of rotatable bonds is 5. The van der Waals surface area contributed by atoms with Gasteiger partial charge in [0.25, 0.3) is 5.95 Å². The van der Waals surface area contributed by atoms with Gasteiger partial charge in [0, 0.05) is 17.2 Å². The summed E-state index contributed by atoms with van der Waals surface area (Å²) in [5, 5.41) is 16.5. The van der Waals surface area contributed by atoms with Crippen LogP contribution in [0.1, 0.15) is 16.2 Å². The molecule has 0 aliphatic carbocycles. The van der Waals surface area contributed by atoms with Crippen LogP contribution >= 0.6 is 11.6 Å². The molecule has 0 amide bonds. The molecular weight excluding hydrogens is 322 g/mol. The average Bonchev–Trinajstić information content (AvgIpc) is 3.21. The Bertz CT molecular complexity index is 838. The van der Waals surface area contributed by atoms with Crippen molar-refractivity contribution in [3.05, 3.63) is 65.4 Å². The largest absolute Gasteiger partial charge is 0.507 e. The number of carbonyl (C=O) groups is 1. The highest BCUT2D eigenvalue weighted by molar-refractivity contribution is 6.30. The predicted octanol–water partition coefficient (Wildman–Crippen LogP) is 3.63. The van der Waals surface area contributed by atoms with Crippen molar-refractivity contribution in [1.29, 1.82) is 0 Å². The number of furan rings is 1. The molecule has 1 aromatic carbocycles. The van der Waals surface area contributed by atoms with Gasteiger partial charge in [0.2, 0.25) is 5.78 Å². The summed E-state index contributed by atoms with van der Waals surface area (Å²) >= 11 is 5.79. The minimum absolute atomic E-state index is 0.0256. The number of allylic oxidation sites excluding steroid dienone is 1. The molecule has 116 valence electrons. The van der Waals surface area contributed by atoms with Crippen LogP contribution in [0.15, 0.2) is 53.4 Å². The number of halogens is 1. The Hall–Kier alpha value is -3.06. The van der Waals surface area contributed by atoms with Gasteiger partial charge in [-0.3, -0.25) is 9.89 Å². The monoisotopic (exact) mass is 331 g/mol. The van der Waals surface area contributed by atoms with Crippen LogP contribution in [0, 0.1) is 0 Å². The summed E-state index contributed by atoms with van der Waals surface area (Å²) < 4.78 is 10.7. The normalized spacial score (nSPS) is 11.4. The molecule has 0 aliphatic heterocycles. The maximum absolute atomic E-state index is 11.8. The number of carbonyl (C=O) groups excluding carboxylic acids is 1. The van der Waals surface area contributed by atoms with Crippen molar-refractivity contribution < 1.29 is 19.1 Å². The molecule has 0 fully saturated rings. The van der Waals surface area contributed by atoms with E-state index in [-0.39, 0.29) is 17.5 Å². The molecule has 0 atom stereocenters. The first-order chi connectivity index (χ1) is 11.1. The molecule has 0 saturated carbocycles. The molecule has 0 radical (unpaired) electrons. The third-order valence-corrected chi connectivity index (χ3v) is 3.07. The van der Waals surface area contributed by atoms with Crippen LogP contribution in [0.4, 0.5) is 0 Å². The average molecular weight is 332 g/mol. The zero-order valence-electron chi connectivity index (χ0n) is 11.6. The van der Waals surface area contributed by atoms with Gasteiger partial charge >= 0.3 is 0 Å². The summed E-state index contributed by atoms with van der Waals surface area (Å²) in [6.45, 7) is 0. The Morgan fingerprint density at radius 3 is 2.83 bits per heavy atom.